The molecule has 0 unspecified atom stereocenters. The SMILES string of the molecule is CC1(C)c2ccccc2-c2ccc(Cc3ccc(-c4ccc5c6ccccc6n(-c6ccccc6)c5c4)cc3)cc21. The zero-order chi connectivity index (χ0) is 27.6. The molecule has 7 aromatic rings. The molecular formula is C40H31N. The highest BCUT2D eigenvalue weighted by atomic mass is 15.0. The van der Waals surface area contributed by atoms with Crippen molar-refractivity contribution in [3.8, 4) is 27.9 Å². The number of para-hydroxylation sites is 2. The molecule has 0 bridgehead atoms. The van der Waals surface area contributed by atoms with E-state index < -0.39 is 0 Å². The Labute approximate surface area is 241 Å². The highest BCUT2D eigenvalue weighted by Crippen LogP contribution is 2.48. The minimum Gasteiger partial charge on any atom is -0.309 e. The maximum atomic E-state index is 2.43. The van der Waals surface area contributed by atoms with Crippen molar-refractivity contribution in [2.75, 3.05) is 0 Å². The largest absolute Gasteiger partial charge is 0.309 e. The van der Waals surface area contributed by atoms with Gasteiger partial charge in [0.25, 0.3) is 0 Å². The predicted molar refractivity (Wildman–Crippen MR) is 173 cm³/mol. The van der Waals surface area contributed by atoms with Gasteiger partial charge in [-0.05, 0) is 75.2 Å². The number of rotatable bonds is 4. The first kappa shape index (κ1) is 24.0. The minimum atomic E-state index is 0.0344. The Balaban J connectivity index is 1.13. The molecule has 0 radical (unpaired) electrons. The van der Waals surface area contributed by atoms with Crippen LogP contribution < -0.4 is 0 Å². The predicted octanol–water partition coefficient (Wildman–Crippen LogP) is 10.3. The van der Waals surface area contributed by atoms with E-state index in [0.29, 0.717) is 0 Å². The van der Waals surface area contributed by atoms with Gasteiger partial charge in [0, 0.05) is 21.9 Å². The zero-order valence-electron chi connectivity index (χ0n) is 23.4. The second-order valence-corrected chi connectivity index (χ2v) is 11.8. The monoisotopic (exact) mass is 525 g/mol. The summed E-state index contributed by atoms with van der Waals surface area (Å²) in [6, 6.07) is 51.3. The molecule has 0 saturated heterocycles. The van der Waals surface area contributed by atoms with Gasteiger partial charge in [-0.2, -0.15) is 0 Å². The minimum absolute atomic E-state index is 0.0344. The number of benzene rings is 6. The second-order valence-electron chi connectivity index (χ2n) is 11.8. The van der Waals surface area contributed by atoms with Crippen molar-refractivity contribution in [3.05, 3.63) is 162 Å². The average molecular weight is 526 g/mol. The summed E-state index contributed by atoms with van der Waals surface area (Å²) in [6.45, 7) is 4.70. The Hall–Kier alpha value is -4.88. The smallest absolute Gasteiger partial charge is 0.0547 e. The summed E-state index contributed by atoms with van der Waals surface area (Å²) in [7, 11) is 0. The highest BCUT2D eigenvalue weighted by Gasteiger charge is 2.35. The molecule has 1 nitrogen and oxygen atoms in total. The molecule has 196 valence electrons. The average Bonchev–Trinajstić information content (AvgIpc) is 3.46. The summed E-state index contributed by atoms with van der Waals surface area (Å²) in [5, 5.41) is 2.57. The molecule has 0 N–H and O–H groups in total. The molecule has 6 aromatic carbocycles. The van der Waals surface area contributed by atoms with E-state index in [2.05, 4.69) is 158 Å². The van der Waals surface area contributed by atoms with E-state index in [-0.39, 0.29) is 5.41 Å². The molecule has 1 aliphatic carbocycles. The first-order chi connectivity index (χ1) is 20.1. The Kier molecular flexibility index (Phi) is 5.30. The summed E-state index contributed by atoms with van der Waals surface area (Å²) in [4.78, 5) is 0. The maximum absolute atomic E-state index is 2.43. The van der Waals surface area contributed by atoms with Crippen molar-refractivity contribution >= 4 is 21.8 Å². The summed E-state index contributed by atoms with van der Waals surface area (Å²) < 4.78 is 2.39. The number of aromatic nitrogens is 1. The summed E-state index contributed by atoms with van der Waals surface area (Å²) in [6.07, 6.45) is 0.932. The van der Waals surface area contributed by atoms with Crippen molar-refractivity contribution in [1.29, 1.82) is 0 Å². The molecule has 0 aliphatic heterocycles. The molecular weight excluding hydrogens is 494 g/mol. The number of nitrogens with zero attached hydrogens (tertiary/aromatic N) is 1. The number of fused-ring (bicyclic) bond motifs is 6. The Morgan fingerprint density at radius 3 is 2.00 bits per heavy atom. The molecule has 41 heavy (non-hydrogen) atoms. The Morgan fingerprint density at radius 1 is 0.488 bits per heavy atom. The van der Waals surface area contributed by atoms with E-state index in [1.165, 1.54) is 72.0 Å². The number of hydrogen-bond acceptors (Lipinski definition) is 0. The zero-order valence-corrected chi connectivity index (χ0v) is 23.4. The van der Waals surface area contributed by atoms with E-state index in [9.17, 15) is 0 Å². The van der Waals surface area contributed by atoms with Crippen LogP contribution in [-0.2, 0) is 11.8 Å². The highest BCUT2D eigenvalue weighted by molar-refractivity contribution is 6.10. The van der Waals surface area contributed by atoms with Gasteiger partial charge in [-0.25, -0.2) is 0 Å². The fraction of sp³-hybridized carbons (Fsp3) is 0.100. The van der Waals surface area contributed by atoms with Gasteiger partial charge >= 0.3 is 0 Å². The van der Waals surface area contributed by atoms with Crippen LogP contribution in [0.15, 0.2) is 140 Å². The van der Waals surface area contributed by atoms with Crippen molar-refractivity contribution in [3.63, 3.8) is 0 Å². The van der Waals surface area contributed by atoms with Crippen molar-refractivity contribution in [2.45, 2.75) is 25.7 Å². The summed E-state index contributed by atoms with van der Waals surface area (Å²) in [5.74, 6) is 0. The van der Waals surface area contributed by atoms with E-state index in [1.54, 1.807) is 0 Å². The van der Waals surface area contributed by atoms with Crippen LogP contribution in [0.25, 0.3) is 49.7 Å². The van der Waals surface area contributed by atoms with Gasteiger partial charge < -0.3 is 4.57 Å². The molecule has 1 aliphatic rings. The lowest BCUT2D eigenvalue weighted by Gasteiger charge is -2.22. The standard InChI is InChI=1S/C40H31N/c1-40(2)36-14-8-6-12-32(36)33-22-18-28(25-37(33)40)24-27-16-19-29(20-17-27)30-21-23-35-34-13-7-9-15-38(34)41(39(35)26-30)31-10-4-3-5-11-31/h3-23,25-26H,24H2,1-2H3. The third-order valence-corrected chi connectivity index (χ3v) is 9.03. The van der Waals surface area contributed by atoms with Crippen LogP contribution >= 0.6 is 0 Å². The van der Waals surface area contributed by atoms with Crippen LogP contribution in [0.2, 0.25) is 0 Å². The number of hydrogen-bond donors (Lipinski definition) is 0. The van der Waals surface area contributed by atoms with Gasteiger partial charge in [0.15, 0.2) is 0 Å². The topological polar surface area (TPSA) is 4.93 Å². The molecule has 0 spiro atoms. The molecule has 1 heteroatoms. The van der Waals surface area contributed by atoms with Crippen LogP contribution in [0.4, 0.5) is 0 Å². The van der Waals surface area contributed by atoms with Gasteiger partial charge in [-0.15, -0.1) is 0 Å². The van der Waals surface area contributed by atoms with Crippen LogP contribution in [0.3, 0.4) is 0 Å². The second kappa shape index (κ2) is 9.08. The molecule has 0 fully saturated rings. The third-order valence-electron chi connectivity index (χ3n) is 9.03. The molecule has 0 saturated carbocycles. The maximum Gasteiger partial charge on any atom is 0.0547 e. The van der Waals surface area contributed by atoms with E-state index >= 15 is 0 Å². The summed E-state index contributed by atoms with van der Waals surface area (Å²) in [5.41, 5.74) is 14.5. The van der Waals surface area contributed by atoms with Crippen LogP contribution in [0.1, 0.15) is 36.1 Å². The van der Waals surface area contributed by atoms with Crippen molar-refractivity contribution in [2.24, 2.45) is 0 Å². The lowest BCUT2D eigenvalue weighted by molar-refractivity contribution is 0.659. The first-order valence-electron chi connectivity index (χ1n) is 14.5. The van der Waals surface area contributed by atoms with Crippen LogP contribution in [0, 0.1) is 0 Å². The molecule has 1 aromatic heterocycles. The normalized spacial score (nSPS) is 13.4. The molecule has 0 amide bonds. The van der Waals surface area contributed by atoms with Gasteiger partial charge in [0.2, 0.25) is 0 Å². The Bertz CT molecular complexity index is 2070. The van der Waals surface area contributed by atoms with Gasteiger partial charge in [0.1, 0.15) is 0 Å². The van der Waals surface area contributed by atoms with Crippen LogP contribution in [0.5, 0.6) is 0 Å². The van der Waals surface area contributed by atoms with Gasteiger partial charge in [0.05, 0.1) is 11.0 Å². The Morgan fingerprint density at radius 2 is 1.15 bits per heavy atom. The molecule has 8 rings (SSSR count). The lowest BCUT2D eigenvalue weighted by atomic mass is 9.81. The first-order valence-corrected chi connectivity index (χ1v) is 14.5. The fourth-order valence-corrected chi connectivity index (χ4v) is 6.92. The third kappa shape index (κ3) is 3.77. The van der Waals surface area contributed by atoms with E-state index in [1.807, 2.05) is 0 Å². The van der Waals surface area contributed by atoms with Gasteiger partial charge in [-0.3, -0.25) is 0 Å². The molecule has 1 heterocycles. The van der Waals surface area contributed by atoms with Crippen molar-refractivity contribution < 1.29 is 0 Å². The fourth-order valence-electron chi connectivity index (χ4n) is 6.92. The summed E-state index contributed by atoms with van der Waals surface area (Å²) >= 11 is 0. The molecule has 0 atom stereocenters. The van der Waals surface area contributed by atoms with E-state index in [0.717, 1.165) is 6.42 Å². The van der Waals surface area contributed by atoms with E-state index in [4.69, 9.17) is 0 Å². The quantitative estimate of drug-likeness (QED) is 0.215. The van der Waals surface area contributed by atoms with Crippen molar-refractivity contribution in [1.82, 2.24) is 4.57 Å². The van der Waals surface area contributed by atoms with Crippen LogP contribution in [-0.4, -0.2) is 4.57 Å². The van der Waals surface area contributed by atoms with Gasteiger partial charge in [-0.1, -0.05) is 129 Å². The lowest BCUT2D eigenvalue weighted by Crippen LogP contribution is -2.15.